The van der Waals surface area contributed by atoms with Crippen LogP contribution in [0.4, 0.5) is 0 Å². The Balaban J connectivity index is 5.45. The van der Waals surface area contributed by atoms with Crippen molar-refractivity contribution in [3.63, 3.8) is 0 Å². The first-order valence-electron chi connectivity index (χ1n) is 6.92. The fourth-order valence-electron chi connectivity index (χ4n) is 1.94. The monoisotopic (exact) mass is 343 g/mol. The van der Waals surface area contributed by atoms with Crippen molar-refractivity contribution in [1.29, 1.82) is 0 Å². The van der Waals surface area contributed by atoms with Crippen LogP contribution in [0, 0.1) is 0 Å². The molecule has 0 aromatic carbocycles. The molecule has 0 amide bonds. The Bertz CT molecular complexity index is 406. The lowest BCUT2D eigenvalue weighted by atomic mass is 10.5. The van der Waals surface area contributed by atoms with E-state index in [9.17, 15) is 4.79 Å². The number of carboxylic acid groups (broad SMARTS) is 1. The van der Waals surface area contributed by atoms with Crippen LogP contribution in [-0.2, 0) is 16.6 Å². The number of carboxylic acids is 1. The van der Waals surface area contributed by atoms with Crippen molar-refractivity contribution < 1.29 is 9.90 Å². The molecule has 124 valence electrons. The van der Waals surface area contributed by atoms with E-state index in [2.05, 4.69) is 41.0 Å². The molecule has 0 bridgehead atoms. The Hall–Kier alpha value is -1.04. The maximum absolute atomic E-state index is 10.8. The summed E-state index contributed by atoms with van der Waals surface area (Å²) in [6.45, 7) is 17.4. The first kappa shape index (κ1) is 21.0. The minimum absolute atomic E-state index is 0.121. The van der Waals surface area contributed by atoms with Crippen molar-refractivity contribution in [1.82, 2.24) is 14.7 Å². The van der Waals surface area contributed by atoms with Gasteiger partial charge >= 0.3 is 5.97 Å². The molecule has 5 nitrogen and oxygen atoms in total. The SMILES string of the molecule is C=CCN(CC=C)P(=S)(CNCC(=O)O)N(CC=C)CC=C. The Morgan fingerprint density at radius 1 is 1.00 bits per heavy atom. The maximum atomic E-state index is 10.8. The van der Waals surface area contributed by atoms with Gasteiger partial charge in [-0.1, -0.05) is 36.1 Å². The minimum Gasteiger partial charge on any atom is -0.480 e. The Kier molecular flexibility index (Phi) is 11.0. The summed E-state index contributed by atoms with van der Waals surface area (Å²) >= 11 is 5.97. The van der Waals surface area contributed by atoms with E-state index in [-0.39, 0.29) is 6.54 Å². The first-order chi connectivity index (χ1) is 10.5. The summed E-state index contributed by atoms with van der Waals surface area (Å²) in [5, 5.41) is 11.8. The fourth-order valence-corrected chi connectivity index (χ4v) is 5.66. The van der Waals surface area contributed by atoms with Gasteiger partial charge in [-0.05, 0) is 0 Å². The van der Waals surface area contributed by atoms with Gasteiger partial charge in [-0.25, -0.2) is 0 Å². The van der Waals surface area contributed by atoms with E-state index >= 15 is 0 Å². The van der Waals surface area contributed by atoms with Crippen LogP contribution >= 0.6 is 6.34 Å². The van der Waals surface area contributed by atoms with E-state index in [1.807, 2.05) is 0 Å². The second-order valence-electron chi connectivity index (χ2n) is 4.54. The molecule has 0 radical (unpaired) electrons. The number of hydrogen-bond donors (Lipinski definition) is 2. The average Bonchev–Trinajstić information content (AvgIpc) is 2.46. The second kappa shape index (κ2) is 11.5. The zero-order valence-corrected chi connectivity index (χ0v) is 14.7. The van der Waals surface area contributed by atoms with Crippen molar-refractivity contribution in [2.45, 2.75) is 0 Å². The van der Waals surface area contributed by atoms with Crippen LogP contribution in [0.5, 0.6) is 0 Å². The molecule has 7 heteroatoms. The summed E-state index contributed by atoms with van der Waals surface area (Å²) in [6.07, 6.45) is 5.37. The first-order valence-corrected chi connectivity index (χ1v) is 9.81. The molecule has 0 aromatic rings. The van der Waals surface area contributed by atoms with E-state index in [1.165, 1.54) is 0 Å². The van der Waals surface area contributed by atoms with Gasteiger partial charge in [0.2, 0.25) is 0 Å². The molecule has 0 aliphatic rings. The normalized spacial score (nSPS) is 11.4. The zero-order chi connectivity index (χ0) is 17.0. The highest BCUT2D eigenvalue weighted by Crippen LogP contribution is 2.52. The lowest BCUT2D eigenvalue weighted by molar-refractivity contribution is -0.135. The van der Waals surface area contributed by atoms with Crippen LogP contribution in [0.2, 0.25) is 0 Å². The molecule has 0 saturated heterocycles. The lowest BCUT2D eigenvalue weighted by Crippen LogP contribution is -2.38. The molecule has 0 fully saturated rings. The van der Waals surface area contributed by atoms with E-state index in [0.29, 0.717) is 32.5 Å². The van der Waals surface area contributed by atoms with Crippen molar-refractivity contribution in [3.05, 3.63) is 50.6 Å². The number of carbonyl (C=O) groups is 1. The number of hydrogen-bond acceptors (Lipinski definition) is 3. The fraction of sp³-hybridized carbons (Fsp3) is 0.400. The third-order valence-electron chi connectivity index (χ3n) is 2.84. The van der Waals surface area contributed by atoms with Crippen molar-refractivity contribution >= 4 is 24.1 Å². The summed E-state index contributed by atoms with van der Waals surface area (Å²) in [5.74, 6) is -0.903. The zero-order valence-electron chi connectivity index (χ0n) is 13.0. The standard InChI is InChI=1S/C15H26N3O2PS/c1-5-9-17(10-6-2)21(22,14-16-13-15(19)20)18(11-7-3)12-8-4/h5-8,16H,1-4,9-14H2,(H,19,20). The highest BCUT2D eigenvalue weighted by molar-refractivity contribution is 8.12. The molecular formula is C15H26N3O2PS. The van der Waals surface area contributed by atoms with Gasteiger partial charge in [0.1, 0.15) is 0 Å². The van der Waals surface area contributed by atoms with Crippen LogP contribution in [0.15, 0.2) is 50.6 Å². The largest absolute Gasteiger partial charge is 0.480 e. The quantitative estimate of drug-likeness (QED) is 0.373. The van der Waals surface area contributed by atoms with Crippen molar-refractivity contribution in [3.8, 4) is 0 Å². The molecule has 0 aliphatic heterocycles. The minimum atomic E-state index is -2.22. The van der Waals surface area contributed by atoms with Gasteiger partial charge in [-0.2, -0.15) is 0 Å². The van der Waals surface area contributed by atoms with E-state index < -0.39 is 12.3 Å². The molecule has 0 aliphatic carbocycles. The van der Waals surface area contributed by atoms with Gasteiger partial charge in [0, 0.05) is 26.2 Å². The summed E-state index contributed by atoms with van der Waals surface area (Å²) in [5.41, 5.74) is 0. The van der Waals surface area contributed by atoms with Crippen LogP contribution in [-0.4, -0.2) is 59.4 Å². The Morgan fingerprint density at radius 3 is 1.64 bits per heavy atom. The predicted octanol–water partition coefficient (Wildman–Crippen LogP) is 2.28. The predicted molar refractivity (Wildman–Crippen MR) is 98.7 cm³/mol. The third-order valence-corrected chi connectivity index (χ3v) is 7.67. The maximum Gasteiger partial charge on any atom is 0.317 e. The van der Waals surface area contributed by atoms with Gasteiger partial charge in [0.05, 0.1) is 19.2 Å². The van der Waals surface area contributed by atoms with E-state index in [1.54, 1.807) is 24.3 Å². The highest BCUT2D eigenvalue weighted by atomic mass is 32.4. The molecule has 0 unspecified atom stereocenters. The van der Waals surface area contributed by atoms with Crippen molar-refractivity contribution in [2.24, 2.45) is 0 Å². The van der Waals surface area contributed by atoms with Crippen LogP contribution in [0.1, 0.15) is 0 Å². The summed E-state index contributed by atoms with van der Waals surface area (Å²) in [7, 11) is 0. The molecule has 2 N–H and O–H groups in total. The second-order valence-corrected chi connectivity index (χ2v) is 9.07. The van der Waals surface area contributed by atoms with Crippen LogP contribution in [0.3, 0.4) is 0 Å². The van der Waals surface area contributed by atoms with E-state index in [4.69, 9.17) is 16.9 Å². The third kappa shape index (κ3) is 6.81. The summed E-state index contributed by atoms with van der Waals surface area (Å²) in [4.78, 5) is 10.8. The highest BCUT2D eigenvalue weighted by Gasteiger charge is 2.30. The number of aliphatic carboxylic acids is 1. The summed E-state index contributed by atoms with van der Waals surface area (Å²) < 4.78 is 4.23. The number of nitrogens with one attached hydrogen (secondary N) is 1. The molecule has 0 aromatic heterocycles. The molecule has 0 rings (SSSR count). The van der Waals surface area contributed by atoms with Gasteiger partial charge in [0.25, 0.3) is 0 Å². The molecule has 22 heavy (non-hydrogen) atoms. The molecule has 0 saturated carbocycles. The average molecular weight is 343 g/mol. The Morgan fingerprint density at radius 2 is 1.36 bits per heavy atom. The molecule has 0 atom stereocenters. The van der Waals surface area contributed by atoms with Crippen LogP contribution < -0.4 is 5.32 Å². The van der Waals surface area contributed by atoms with Crippen molar-refractivity contribution in [2.75, 3.05) is 39.0 Å². The van der Waals surface area contributed by atoms with Gasteiger partial charge in [0.15, 0.2) is 0 Å². The topological polar surface area (TPSA) is 55.8 Å². The van der Waals surface area contributed by atoms with Gasteiger partial charge in [-0.15, -0.1) is 26.3 Å². The van der Waals surface area contributed by atoms with Crippen LogP contribution in [0.25, 0.3) is 0 Å². The molecular weight excluding hydrogens is 317 g/mol. The molecule has 0 heterocycles. The number of nitrogens with zero attached hydrogens (tertiary/aromatic N) is 2. The van der Waals surface area contributed by atoms with E-state index in [0.717, 1.165) is 0 Å². The molecule has 0 spiro atoms. The van der Waals surface area contributed by atoms with Gasteiger partial charge in [-0.3, -0.25) is 19.5 Å². The lowest BCUT2D eigenvalue weighted by Gasteiger charge is -2.41. The Labute approximate surface area is 138 Å². The van der Waals surface area contributed by atoms with Gasteiger partial charge < -0.3 is 5.11 Å². The summed E-state index contributed by atoms with van der Waals surface area (Å²) in [6, 6.07) is 0. The smallest absolute Gasteiger partial charge is 0.317 e. The number of rotatable bonds is 14.